The van der Waals surface area contributed by atoms with E-state index < -0.39 is 5.60 Å². The molecular weight excluding hydrogens is 422 g/mol. The summed E-state index contributed by atoms with van der Waals surface area (Å²) in [5, 5.41) is 2.35. The molecule has 3 aromatic rings. The van der Waals surface area contributed by atoms with Crippen LogP contribution in [0.1, 0.15) is 50.4 Å². The summed E-state index contributed by atoms with van der Waals surface area (Å²) in [7, 11) is 0. The Kier molecular flexibility index (Phi) is 5.91. The first-order valence-electron chi connectivity index (χ1n) is 12.1. The fraction of sp³-hybridized carbons (Fsp3) is 0.379. The molecule has 1 atom stereocenters. The molecule has 1 aromatic heterocycles. The molecule has 1 fully saturated rings. The van der Waals surface area contributed by atoms with Crippen molar-refractivity contribution >= 4 is 22.6 Å². The maximum Gasteiger partial charge on any atom is 0.410 e. The van der Waals surface area contributed by atoms with Crippen LogP contribution in [-0.4, -0.2) is 47.3 Å². The van der Waals surface area contributed by atoms with E-state index in [2.05, 4.69) is 34.9 Å². The number of anilines is 1. The zero-order valence-corrected chi connectivity index (χ0v) is 20.2. The van der Waals surface area contributed by atoms with Crippen molar-refractivity contribution in [1.29, 1.82) is 0 Å². The van der Waals surface area contributed by atoms with E-state index in [4.69, 9.17) is 9.72 Å². The van der Waals surface area contributed by atoms with E-state index in [1.807, 2.05) is 62.2 Å². The zero-order valence-electron chi connectivity index (χ0n) is 20.2. The molecule has 0 saturated carbocycles. The normalized spacial score (nSPS) is 17.8. The Hall–Kier alpha value is -3.52. The summed E-state index contributed by atoms with van der Waals surface area (Å²) in [5.41, 5.74) is 3.80. The van der Waals surface area contributed by atoms with Gasteiger partial charge in [0, 0.05) is 53.9 Å². The molecule has 2 aliphatic heterocycles. The van der Waals surface area contributed by atoms with Gasteiger partial charge in [-0.15, -0.1) is 0 Å². The maximum atomic E-state index is 12.7. The third-order valence-corrected chi connectivity index (χ3v) is 6.49. The number of carbonyl (C=O) groups is 1. The molecule has 2 aromatic carbocycles. The average molecular weight is 454 g/mol. The highest BCUT2D eigenvalue weighted by molar-refractivity contribution is 6.00. The zero-order chi connectivity index (χ0) is 23.7. The summed E-state index contributed by atoms with van der Waals surface area (Å²) in [4.78, 5) is 21.8. The number of hydrogen-bond acceptors (Lipinski definition) is 4. The summed E-state index contributed by atoms with van der Waals surface area (Å²) in [6.45, 7) is 8.12. The maximum absolute atomic E-state index is 12.7. The predicted octanol–water partition coefficient (Wildman–Crippen LogP) is 5.40. The van der Waals surface area contributed by atoms with Crippen molar-refractivity contribution < 1.29 is 9.53 Å². The lowest BCUT2D eigenvalue weighted by Gasteiger charge is -2.43. The van der Waals surface area contributed by atoms with Gasteiger partial charge in [-0.1, -0.05) is 36.3 Å². The van der Waals surface area contributed by atoms with Crippen molar-refractivity contribution in [3.8, 4) is 11.8 Å². The van der Waals surface area contributed by atoms with Crippen LogP contribution < -0.4 is 4.90 Å². The van der Waals surface area contributed by atoms with Crippen molar-refractivity contribution in [2.24, 2.45) is 0 Å². The number of nitrogens with zero attached hydrogens (tertiary/aromatic N) is 3. The minimum absolute atomic E-state index is 0.213. The van der Waals surface area contributed by atoms with Crippen LogP contribution in [0.25, 0.3) is 10.8 Å². The van der Waals surface area contributed by atoms with Gasteiger partial charge in [0.15, 0.2) is 0 Å². The quantitative estimate of drug-likeness (QED) is 0.463. The number of hydrogen-bond donors (Lipinski definition) is 0. The van der Waals surface area contributed by atoms with Crippen LogP contribution in [0.2, 0.25) is 0 Å². The van der Waals surface area contributed by atoms with E-state index in [0.717, 1.165) is 49.0 Å². The molecule has 0 radical (unpaired) electrons. The minimum Gasteiger partial charge on any atom is -0.444 e. The molecule has 5 nitrogen and oxygen atoms in total. The van der Waals surface area contributed by atoms with Gasteiger partial charge in [-0.25, -0.2) is 9.78 Å². The summed E-state index contributed by atoms with van der Waals surface area (Å²) in [6, 6.07) is 16.7. The van der Waals surface area contributed by atoms with Crippen LogP contribution in [0.15, 0.2) is 54.7 Å². The number of ether oxygens (including phenoxy) is 1. The number of carbonyl (C=O) groups excluding carboxylic acids is 1. The van der Waals surface area contributed by atoms with Crippen LogP contribution in [0.5, 0.6) is 0 Å². The summed E-state index contributed by atoms with van der Waals surface area (Å²) in [5.74, 6) is 6.55. The third-order valence-electron chi connectivity index (χ3n) is 6.49. The number of benzene rings is 2. The smallest absolute Gasteiger partial charge is 0.410 e. The highest BCUT2D eigenvalue weighted by atomic mass is 16.6. The molecule has 0 aliphatic carbocycles. The molecule has 1 amide bonds. The molecule has 5 heteroatoms. The van der Waals surface area contributed by atoms with E-state index in [1.165, 1.54) is 16.6 Å². The summed E-state index contributed by atoms with van der Waals surface area (Å²) >= 11 is 0. The van der Waals surface area contributed by atoms with Gasteiger partial charge >= 0.3 is 6.09 Å². The Bertz CT molecular complexity index is 1270. The number of aromatic nitrogens is 1. The van der Waals surface area contributed by atoms with Crippen LogP contribution >= 0.6 is 0 Å². The lowest BCUT2D eigenvalue weighted by molar-refractivity contribution is 0.0198. The monoisotopic (exact) mass is 453 g/mol. The van der Waals surface area contributed by atoms with Crippen molar-refractivity contribution in [3.63, 3.8) is 0 Å². The lowest BCUT2D eigenvalue weighted by Crippen LogP contribution is -2.52. The van der Waals surface area contributed by atoms with Crippen LogP contribution in [0.3, 0.4) is 0 Å². The highest BCUT2D eigenvalue weighted by Gasteiger charge is 2.33. The number of amides is 1. The molecule has 2 aliphatic rings. The second-order valence-corrected chi connectivity index (χ2v) is 10.1. The van der Waals surface area contributed by atoms with Crippen molar-refractivity contribution in [2.45, 2.75) is 51.7 Å². The van der Waals surface area contributed by atoms with Gasteiger partial charge in [-0.3, -0.25) is 0 Å². The second kappa shape index (κ2) is 9.02. The topological polar surface area (TPSA) is 45.7 Å². The summed E-state index contributed by atoms with van der Waals surface area (Å²) < 4.78 is 5.65. The Morgan fingerprint density at radius 1 is 1.06 bits per heavy atom. The van der Waals surface area contributed by atoms with Gasteiger partial charge in [0.2, 0.25) is 0 Å². The highest BCUT2D eigenvalue weighted by Crippen LogP contribution is 2.37. The number of likely N-dealkylation sites (tertiary alicyclic amines) is 1. The molecule has 0 N–H and O–H groups in total. The van der Waals surface area contributed by atoms with Gasteiger partial charge in [0.05, 0.1) is 0 Å². The van der Waals surface area contributed by atoms with Gasteiger partial charge in [-0.05, 0) is 69.7 Å². The predicted molar refractivity (Wildman–Crippen MR) is 136 cm³/mol. The molecular formula is C29H31N3O2. The first kappa shape index (κ1) is 22.3. The minimum atomic E-state index is -0.482. The molecule has 0 spiro atoms. The van der Waals surface area contributed by atoms with E-state index in [-0.39, 0.29) is 12.1 Å². The molecule has 34 heavy (non-hydrogen) atoms. The van der Waals surface area contributed by atoms with E-state index >= 15 is 0 Å². The molecule has 1 unspecified atom stereocenters. The number of rotatable bonds is 1. The molecule has 174 valence electrons. The Balaban J connectivity index is 1.45. The van der Waals surface area contributed by atoms with Crippen LogP contribution in [-0.2, 0) is 11.2 Å². The third kappa shape index (κ3) is 4.59. The van der Waals surface area contributed by atoms with Crippen LogP contribution in [0, 0.1) is 11.8 Å². The number of pyridine rings is 1. The van der Waals surface area contributed by atoms with Gasteiger partial charge in [0.1, 0.15) is 11.3 Å². The standard InChI is InChI=1S/C29H31N3O2/c1-29(2,3)34-28(33)31-17-8-11-23(20-31)32-18-16-22-19-30-25(15-14-21-9-5-4-6-10-21)24-12-7-13-26(32)27(22)24/h4-7,9-10,12-13,19,23H,8,11,16-18,20H2,1-3H3. The number of piperidine rings is 1. The molecule has 5 rings (SSSR count). The SMILES string of the molecule is CC(C)(C)OC(=O)N1CCCC(N2CCc3cnc(C#Cc4ccccc4)c4cccc2c34)C1. The second-order valence-electron chi connectivity index (χ2n) is 10.1. The summed E-state index contributed by atoms with van der Waals surface area (Å²) in [6.07, 6.45) is 4.77. The molecule has 0 bridgehead atoms. The van der Waals surface area contributed by atoms with Crippen molar-refractivity contribution in [2.75, 3.05) is 24.5 Å². The van der Waals surface area contributed by atoms with Crippen LogP contribution in [0.4, 0.5) is 10.5 Å². The fourth-order valence-electron chi connectivity index (χ4n) is 4.97. The Morgan fingerprint density at radius 2 is 1.88 bits per heavy atom. The molecule has 3 heterocycles. The van der Waals surface area contributed by atoms with Gasteiger partial charge in [-0.2, -0.15) is 0 Å². The Labute approximate surface area is 201 Å². The van der Waals surface area contributed by atoms with E-state index in [9.17, 15) is 4.79 Å². The van der Waals surface area contributed by atoms with E-state index in [1.54, 1.807) is 0 Å². The fourth-order valence-corrected chi connectivity index (χ4v) is 4.97. The van der Waals surface area contributed by atoms with Crippen molar-refractivity contribution in [1.82, 2.24) is 9.88 Å². The average Bonchev–Trinajstić information content (AvgIpc) is 2.83. The first-order valence-corrected chi connectivity index (χ1v) is 12.1. The van der Waals surface area contributed by atoms with Crippen molar-refractivity contribution in [3.05, 3.63) is 71.5 Å². The van der Waals surface area contributed by atoms with Gasteiger partial charge < -0.3 is 14.5 Å². The van der Waals surface area contributed by atoms with Gasteiger partial charge in [0.25, 0.3) is 0 Å². The lowest BCUT2D eigenvalue weighted by atomic mass is 9.94. The van der Waals surface area contributed by atoms with E-state index in [0.29, 0.717) is 6.54 Å². The Morgan fingerprint density at radius 3 is 2.68 bits per heavy atom. The largest absolute Gasteiger partial charge is 0.444 e. The molecule has 1 saturated heterocycles. The first-order chi connectivity index (χ1) is 16.4.